The maximum Gasteiger partial charge on any atom is 0.133 e. The molecule has 0 unspecified atom stereocenters. The van der Waals surface area contributed by atoms with Gasteiger partial charge >= 0.3 is 0 Å². The van der Waals surface area contributed by atoms with Gasteiger partial charge in [-0.2, -0.15) is 0 Å². The number of hydrogen-bond donors (Lipinski definition) is 0. The van der Waals surface area contributed by atoms with Gasteiger partial charge in [-0.05, 0) is 16.5 Å². The van der Waals surface area contributed by atoms with Crippen LogP contribution in [0.3, 0.4) is 0 Å². The van der Waals surface area contributed by atoms with Gasteiger partial charge in [0.05, 0.1) is 0 Å². The van der Waals surface area contributed by atoms with Crippen molar-refractivity contribution in [3.8, 4) is 22.4 Å². The minimum Gasteiger partial charge on any atom is -0.304 e. The average molecular weight is 531 g/mol. The molecule has 137 valence electrons. The molecular weight excluding hydrogens is 510 g/mol. The first-order chi connectivity index (χ1) is 12.5. The van der Waals surface area contributed by atoms with Crippen molar-refractivity contribution in [1.82, 2.24) is 15.0 Å². The van der Waals surface area contributed by atoms with Gasteiger partial charge < -0.3 is 4.98 Å². The molecule has 0 amide bonds. The molecule has 4 heteroatoms. The monoisotopic (exact) mass is 531 g/mol. The molecule has 0 N–H and O–H groups in total. The normalized spacial score (nSPS) is 11.2. The summed E-state index contributed by atoms with van der Waals surface area (Å²) in [6.45, 7) is 6.34. The van der Waals surface area contributed by atoms with E-state index in [1.54, 1.807) is 0 Å². The van der Waals surface area contributed by atoms with E-state index < -0.39 is 0 Å². The van der Waals surface area contributed by atoms with Crippen LogP contribution in [-0.2, 0) is 25.5 Å². The van der Waals surface area contributed by atoms with E-state index in [-0.39, 0.29) is 25.5 Å². The van der Waals surface area contributed by atoms with Gasteiger partial charge in [0.1, 0.15) is 5.82 Å². The first-order valence-corrected chi connectivity index (χ1v) is 8.70. The third-order valence-corrected chi connectivity index (χ3v) is 4.36. The minimum atomic E-state index is -0.0524. The molecule has 2 aromatic heterocycles. The second-order valence-corrected chi connectivity index (χ2v) is 7.45. The molecule has 0 bridgehead atoms. The Kier molecular flexibility index (Phi) is 5.50. The van der Waals surface area contributed by atoms with Crippen LogP contribution >= 0.6 is 0 Å². The van der Waals surface area contributed by atoms with E-state index in [4.69, 9.17) is 0 Å². The summed E-state index contributed by atoms with van der Waals surface area (Å²) >= 11 is 0. The van der Waals surface area contributed by atoms with Crippen molar-refractivity contribution >= 4 is 10.8 Å². The standard InChI is InChI=1S/C23H20N3.Ir/c1-23(2,3)22-25-14-20(15-26-22)16-9-6-10-18(11-16)21-12-17-7-4-5-8-19(17)13-24-21;/h4-9,11-15H,1-3H3;/q-1;. The summed E-state index contributed by atoms with van der Waals surface area (Å²) in [6.07, 6.45) is 5.69. The molecule has 27 heavy (non-hydrogen) atoms. The molecule has 2 heterocycles. The van der Waals surface area contributed by atoms with Gasteiger partial charge in [-0.3, -0.25) is 0 Å². The maximum absolute atomic E-state index is 4.60. The second-order valence-electron chi connectivity index (χ2n) is 7.45. The fourth-order valence-electron chi connectivity index (χ4n) is 2.89. The van der Waals surface area contributed by atoms with E-state index in [0.29, 0.717) is 0 Å². The predicted molar refractivity (Wildman–Crippen MR) is 106 cm³/mol. The van der Waals surface area contributed by atoms with Gasteiger partial charge in [0.15, 0.2) is 0 Å². The third-order valence-electron chi connectivity index (χ3n) is 4.36. The van der Waals surface area contributed by atoms with Crippen LogP contribution in [0.25, 0.3) is 33.2 Å². The van der Waals surface area contributed by atoms with Crippen LogP contribution in [0.4, 0.5) is 0 Å². The van der Waals surface area contributed by atoms with E-state index in [0.717, 1.165) is 33.6 Å². The Balaban J connectivity index is 0.00000210. The van der Waals surface area contributed by atoms with Crippen LogP contribution in [0.1, 0.15) is 26.6 Å². The number of rotatable bonds is 2. The largest absolute Gasteiger partial charge is 0.304 e. The van der Waals surface area contributed by atoms with Crippen LogP contribution in [0.2, 0.25) is 0 Å². The summed E-state index contributed by atoms with van der Waals surface area (Å²) in [6, 6.07) is 19.7. The van der Waals surface area contributed by atoms with Crippen molar-refractivity contribution in [3.63, 3.8) is 0 Å². The molecule has 3 nitrogen and oxygen atoms in total. The molecule has 1 radical (unpaired) electrons. The van der Waals surface area contributed by atoms with E-state index in [1.165, 1.54) is 5.39 Å². The number of hydrogen-bond acceptors (Lipinski definition) is 3. The molecule has 0 saturated carbocycles. The topological polar surface area (TPSA) is 38.7 Å². The van der Waals surface area contributed by atoms with Gasteiger partial charge in [0.2, 0.25) is 0 Å². The molecule has 4 rings (SSSR count). The van der Waals surface area contributed by atoms with Gasteiger partial charge in [-0.25, -0.2) is 9.97 Å². The van der Waals surface area contributed by atoms with Gasteiger partial charge in [-0.1, -0.05) is 56.7 Å². The van der Waals surface area contributed by atoms with Crippen molar-refractivity contribution in [2.45, 2.75) is 26.2 Å². The Bertz CT molecular complexity index is 1070. The van der Waals surface area contributed by atoms with Crippen molar-refractivity contribution in [1.29, 1.82) is 0 Å². The summed E-state index contributed by atoms with van der Waals surface area (Å²) in [7, 11) is 0. The Morgan fingerprint density at radius 1 is 0.778 bits per heavy atom. The zero-order chi connectivity index (χ0) is 18.1. The first-order valence-electron chi connectivity index (χ1n) is 8.70. The van der Waals surface area contributed by atoms with Crippen molar-refractivity contribution < 1.29 is 20.1 Å². The molecular formula is C23H20IrN3-. The van der Waals surface area contributed by atoms with Crippen LogP contribution in [0.15, 0.2) is 67.1 Å². The number of pyridine rings is 1. The summed E-state index contributed by atoms with van der Waals surface area (Å²) < 4.78 is 0. The predicted octanol–water partition coefficient (Wildman–Crippen LogP) is 5.45. The van der Waals surface area contributed by atoms with Crippen LogP contribution in [-0.4, -0.2) is 15.0 Å². The molecule has 0 aliphatic heterocycles. The maximum atomic E-state index is 4.60. The zero-order valence-corrected chi connectivity index (χ0v) is 17.9. The minimum absolute atomic E-state index is 0. The van der Waals surface area contributed by atoms with E-state index >= 15 is 0 Å². The number of aromatic nitrogens is 3. The quantitative estimate of drug-likeness (QED) is 0.324. The Labute approximate surface area is 173 Å². The van der Waals surface area contributed by atoms with Gasteiger partial charge in [0, 0.05) is 49.7 Å². The van der Waals surface area contributed by atoms with Gasteiger partial charge in [-0.15, -0.1) is 29.8 Å². The van der Waals surface area contributed by atoms with Crippen LogP contribution in [0.5, 0.6) is 0 Å². The molecule has 4 aromatic rings. The van der Waals surface area contributed by atoms with Crippen molar-refractivity contribution in [3.05, 3.63) is 79.0 Å². The first kappa shape index (κ1) is 19.3. The molecule has 0 saturated heterocycles. The Morgan fingerprint density at radius 2 is 1.48 bits per heavy atom. The van der Waals surface area contributed by atoms with E-state index in [9.17, 15) is 0 Å². The fourth-order valence-corrected chi connectivity index (χ4v) is 2.89. The SMILES string of the molecule is CC(C)(C)c1ncc(-c2cc[c-]c(-c3cc4ccccc4cn3)c2)cn1.[Ir]. The number of fused-ring (bicyclic) bond motifs is 1. The molecule has 0 aliphatic rings. The molecule has 0 atom stereocenters. The number of benzene rings is 2. The summed E-state index contributed by atoms with van der Waals surface area (Å²) in [5, 5.41) is 2.31. The van der Waals surface area contributed by atoms with E-state index in [2.05, 4.69) is 66.1 Å². The van der Waals surface area contributed by atoms with E-state index in [1.807, 2.05) is 42.9 Å². The third kappa shape index (κ3) is 4.13. The molecule has 0 spiro atoms. The van der Waals surface area contributed by atoms with Crippen LogP contribution in [0, 0.1) is 6.07 Å². The summed E-state index contributed by atoms with van der Waals surface area (Å²) in [4.78, 5) is 13.7. The Hall–Kier alpha value is -2.42. The molecule has 0 aliphatic carbocycles. The van der Waals surface area contributed by atoms with Crippen molar-refractivity contribution in [2.24, 2.45) is 0 Å². The average Bonchev–Trinajstić information content (AvgIpc) is 2.67. The molecule has 0 fully saturated rings. The second kappa shape index (κ2) is 7.67. The Morgan fingerprint density at radius 3 is 2.19 bits per heavy atom. The fraction of sp³-hybridized carbons (Fsp3) is 0.174. The number of nitrogens with zero attached hydrogens (tertiary/aromatic N) is 3. The smallest absolute Gasteiger partial charge is 0.133 e. The van der Waals surface area contributed by atoms with Crippen molar-refractivity contribution in [2.75, 3.05) is 0 Å². The zero-order valence-electron chi connectivity index (χ0n) is 15.5. The molecule has 2 aromatic carbocycles. The van der Waals surface area contributed by atoms with Crippen LogP contribution < -0.4 is 0 Å². The van der Waals surface area contributed by atoms with Gasteiger partial charge in [0.25, 0.3) is 0 Å². The summed E-state index contributed by atoms with van der Waals surface area (Å²) in [5.74, 6) is 0.847. The summed E-state index contributed by atoms with van der Waals surface area (Å²) in [5.41, 5.74) is 3.89.